The van der Waals surface area contributed by atoms with Crippen LogP contribution in [0.1, 0.15) is 297 Å². The molecule has 2 heteroatoms. The molecular formula is C55H104O2. The van der Waals surface area contributed by atoms with Gasteiger partial charge in [-0.15, -0.1) is 0 Å². The first-order chi connectivity index (χ1) is 28.2. The number of ether oxygens (including phenoxy) is 1. The van der Waals surface area contributed by atoms with Gasteiger partial charge in [0.2, 0.25) is 0 Å². The van der Waals surface area contributed by atoms with E-state index >= 15 is 0 Å². The Bertz CT molecular complexity index is 839. The van der Waals surface area contributed by atoms with E-state index in [-0.39, 0.29) is 5.97 Å². The van der Waals surface area contributed by atoms with Gasteiger partial charge in [0, 0.05) is 6.42 Å². The molecular weight excluding hydrogens is 693 g/mol. The van der Waals surface area contributed by atoms with Gasteiger partial charge in [0.05, 0.1) is 6.61 Å². The molecule has 0 aliphatic carbocycles. The number of hydrogen-bond donors (Lipinski definition) is 0. The first-order valence-electron chi connectivity index (χ1n) is 26.3. The standard InChI is InChI=1S/C55H104O2/c1-4-6-7-8-9-10-11-12-30-34-37-40-43-46-49-52-55(56)57-53-50-47-44-41-38-35-32-29-27-25-23-21-19-17-15-13-14-16-18-20-22-24-26-28-31-33-36-39-42-45-48-51-54(3)5-2/h6-7,9-10,12,30,54H,4-5,8,11,13-29,31-53H2,1-3H3/b7-6-,10-9-,30-12-. The summed E-state index contributed by atoms with van der Waals surface area (Å²) in [6.45, 7) is 7.52. The van der Waals surface area contributed by atoms with Crippen LogP contribution in [0.2, 0.25) is 0 Å². The third-order valence-electron chi connectivity index (χ3n) is 12.3. The van der Waals surface area contributed by atoms with Gasteiger partial charge in [-0.3, -0.25) is 4.79 Å². The fraction of sp³-hybridized carbons (Fsp3) is 0.873. The summed E-state index contributed by atoms with van der Waals surface area (Å²) in [5, 5.41) is 0. The molecule has 0 N–H and O–H groups in total. The molecule has 0 spiro atoms. The summed E-state index contributed by atoms with van der Waals surface area (Å²) in [6, 6.07) is 0. The quantitative estimate of drug-likeness (QED) is 0.0348. The second kappa shape index (κ2) is 50.8. The lowest BCUT2D eigenvalue weighted by Gasteiger charge is -2.07. The summed E-state index contributed by atoms with van der Waals surface area (Å²) in [5.74, 6) is 0.950. The van der Waals surface area contributed by atoms with Crippen LogP contribution in [0.4, 0.5) is 0 Å². The molecule has 0 rings (SSSR count). The Labute approximate surface area is 360 Å². The van der Waals surface area contributed by atoms with E-state index < -0.39 is 0 Å². The molecule has 0 aliphatic heterocycles. The highest BCUT2D eigenvalue weighted by Gasteiger charge is 2.03. The molecule has 0 bridgehead atoms. The molecule has 0 aliphatic rings. The normalized spacial score (nSPS) is 12.5. The number of rotatable bonds is 48. The monoisotopic (exact) mass is 797 g/mol. The third kappa shape index (κ3) is 50.8. The molecule has 0 saturated heterocycles. The van der Waals surface area contributed by atoms with Gasteiger partial charge >= 0.3 is 5.97 Å². The predicted octanol–water partition coefficient (Wildman–Crippen LogP) is 19.6. The smallest absolute Gasteiger partial charge is 0.305 e. The maximum Gasteiger partial charge on any atom is 0.305 e. The van der Waals surface area contributed by atoms with Gasteiger partial charge in [-0.25, -0.2) is 0 Å². The lowest BCUT2D eigenvalue weighted by molar-refractivity contribution is -0.143. The molecule has 0 fully saturated rings. The van der Waals surface area contributed by atoms with E-state index in [1.807, 2.05) is 0 Å². The Morgan fingerprint density at radius 3 is 1.09 bits per heavy atom. The van der Waals surface area contributed by atoms with E-state index in [4.69, 9.17) is 4.74 Å². The average molecular weight is 797 g/mol. The van der Waals surface area contributed by atoms with Gasteiger partial charge in [-0.1, -0.05) is 282 Å². The van der Waals surface area contributed by atoms with Crippen LogP contribution in [-0.2, 0) is 9.53 Å². The van der Waals surface area contributed by atoms with Crippen LogP contribution in [-0.4, -0.2) is 12.6 Å². The van der Waals surface area contributed by atoms with E-state index in [0.717, 1.165) is 44.4 Å². The second-order valence-corrected chi connectivity index (χ2v) is 18.1. The Kier molecular flexibility index (Phi) is 49.7. The van der Waals surface area contributed by atoms with Crippen LogP contribution in [0, 0.1) is 5.92 Å². The minimum atomic E-state index is 0.0112. The van der Waals surface area contributed by atoms with Crippen molar-refractivity contribution in [3.8, 4) is 0 Å². The zero-order valence-corrected chi connectivity index (χ0v) is 39.5. The van der Waals surface area contributed by atoms with Gasteiger partial charge in [0.25, 0.3) is 0 Å². The molecule has 0 saturated carbocycles. The summed E-state index contributed by atoms with van der Waals surface area (Å²) in [5.41, 5.74) is 0. The van der Waals surface area contributed by atoms with Crippen molar-refractivity contribution in [2.45, 2.75) is 297 Å². The van der Waals surface area contributed by atoms with E-state index in [2.05, 4.69) is 57.2 Å². The number of allylic oxidation sites excluding steroid dienone is 6. The van der Waals surface area contributed by atoms with Crippen LogP contribution in [0.3, 0.4) is 0 Å². The number of hydrogen-bond acceptors (Lipinski definition) is 2. The first kappa shape index (κ1) is 55.7. The van der Waals surface area contributed by atoms with Crippen LogP contribution >= 0.6 is 0 Å². The van der Waals surface area contributed by atoms with E-state index in [9.17, 15) is 4.79 Å². The molecule has 1 atom stereocenters. The highest BCUT2D eigenvalue weighted by molar-refractivity contribution is 5.69. The highest BCUT2D eigenvalue weighted by Crippen LogP contribution is 2.18. The topological polar surface area (TPSA) is 26.3 Å². The molecule has 0 aromatic heterocycles. The van der Waals surface area contributed by atoms with E-state index in [0.29, 0.717) is 13.0 Å². The molecule has 2 nitrogen and oxygen atoms in total. The minimum absolute atomic E-state index is 0.0112. The first-order valence-corrected chi connectivity index (χ1v) is 26.3. The molecule has 1 unspecified atom stereocenters. The van der Waals surface area contributed by atoms with Crippen molar-refractivity contribution in [3.63, 3.8) is 0 Å². The fourth-order valence-electron chi connectivity index (χ4n) is 8.07. The summed E-state index contributed by atoms with van der Waals surface area (Å²) in [6.07, 6.45) is 71.5. The summed E-state index contributed by atoms with van der Waals surface area (Å²) < 4.78 is 5.47. The number of carbonyl (C=O) groups is 1. The van der Waals surface area contributed by atoms with Crippen LogP contribution in [0.25, 0.3) is 0 Å². The Morgan fingerprint density at radius 1 is 0.386 bits per heavy atom. The van der Waals surface area contributed by atoms with Crippen molar-refractivity contribution in [1.82, 2.24) is 0 Å². The number of esters is 1. The zero-order chi connectivity index (χ0) is 41.2. The summed E-state index contributed by atoms with van der Waals surface area (Å²) >= 11 is 0. The predicted molar refractivity (Wildman–Crippen MR) is 257 cm³/mol. The van der Waals surface area contributed by atoms with Crippen molar-refractivity contribution < 1.29 is 9.53 Å². The van der Waals surface area contributed by atoms with Gasteiger partial charge in [-0.2, -0.15) is 0 Å². The molecule has 57 heavy (non-hydrogen) atoms. The van der Waals surface area contributed by atoms with Crippen molar-refractivity contribution in [1.29, 1.82) is 0 Å². The maximum absolute atomic E-state index is 12.0. The fourth-order valence-corrected chi connectivity index (χ4v) is 8.07. The SMILES string of the molecule is CC/C=C\C/C=C\C/C=C\CCCCCCCC(=O)OCCCCCCCCCCCCCCCCCCCCCCCCCCCCCCCCCC(C)CC. The number of carbonyl (C=O) groups excluding carboxylic acids is 1. The van der Waals surface area contributed by atoms with Crippen LogP contribution in [0.15, 0.2) is 36.5 Å². The molecule has 0 radical (unpaired) electrons. The van der Waals surface area contributed by atoms with Crippen LogP contribution < -0.4 is 0 Å². The third-order valence-corrected chi connectivity index (χ3v) is 12.3. The maximum atomic E-state index is 12.0. The second-order valence-electron chi connectivity index (χ2n) is 18.1. The Balaban J connectivity index is 3.17. The summed E-state index contributed by atoms with van der Waals surface area (Å²) in [7, 11) is 0. The number of unbranched alkanes of at least 4 members (excludes halogenated alkanes) is 35. The Morgan fingerprint density at radius 2 is 0.702 bits per heavy atom. The van der Waals surface area contributed by atoms with Crippen molar-refractivity contribution >= 4 is 5.97 Å². The van der Waals surface area contributed by atoms with E-state index in [1.165, 1.54) is 231 Å². The highest BCUT2D eigenvalue weighted by atomic mass is 16.5. The van der Waals surface area contributed by atoms with Gasteiger partial charge < -0.3 is 4.74 Å². The zero-order valence-electron chi connectivity index (χ0n) is 39.5. The molecule has 0 heterocycles. The van der Waals surface area contributed by atoms with Gasteiger partial charge in [0.15, 0.2) is 0 Å². The van der Waals surface area contributed by atoms with Crippen LogP contribution in [0.5, 0.6) is 0 Å². The Hall–Kier alpha value is -1.31. The van der Waals surface area contributed by atoms with Crippen molar-refractivity contribution in [2.24, 2.45) is 5.92 Å². The molecule has 336 valence electrons. The minimum Gasteiger partial charge on any atom is -0.466 e. The van der Waals surface area contributed by atoms with Gasteiger partial charge in [0.1, 0.15) is 0 Å². The lowest BCUT2D eigenvalue weighted by Crippen LogP contribution is -2.05. The van der Waals surface area contributed by atoms with Crippen molar-refractivity contribution in [3.05, 3.63) is 36.5 Å². The summed E-state index contributed by atoms with van der Waals surface area (Å²) in [4.78, 5) is 12.0. The van der Waals surface area contributed by atoms with Crippen molar-refractivity contribution in [2.75, 3.05) is 6.61 Å². The average Bonchev–Trinajstić information content (AvgIpc) is 3.22. The molecule has 0 aromatic carbocycles. The van der Waals surface area contributed by atoms with Gasteiger partial charge in [-0.05, 0) is 50.9 Å². The molecule has 0 aromatic rings. The lowest BCUT2D eigenvalue weighted by atomic mass is 9.99. The molecule has 0 amide bonds. The van der Waals surface area contributed by atoms with E-state index in [1.54, 1.807) is 0 Å². The largest absolute Gasteiger partial charge is 0.466 e.